The van der Waals surface area contributed by atoms with Gasteiger partial charge in [-0.05, 0) is 48.9 Å². The summed E-state index contributed by atoms with van der Waals surface area (Å²) in [7, 11) is 0. The highest BCUT2D eigenvalue weighted by atomic mass is 35.5. The summed E-state index contributed by atoms with van der Waals surface area (Å²) in [5, 5.41) is 13.4. The van der Waals surface area contributed by atoms with E-state index in [9.17, 15) is 13.6 Å². The number of anilines is 2. The molecule has 0 spiro atoms. The lowest BCUT2D eigenvalue weighted by Gasteiger charge is -2.12. The van der Waals surface area contributed by atoms with Crippen molar-refractivity contribution in [2.24, 2.45) is 0 Å². The van der Waals surface area contributed by atoms with Gasteiger partial charge in [-0.3, -0.25) is 4.79 Å². The molecule has 2 N–H and O–H groups in total. The number of nitrogens with one attached hydrogen (secondary N) is 2. The molecular weight excluding hydrogens is 410 g/mol. The van der Waals surface area contributed by atoms with Gasteiger partial charge < -0.3 is 5.32 Å². The molecule has 0 saturated carbocycles. The maximum absolute atomic E-state index is 13.9. The molecule has 0 radical (unpaired) electrons. The average Bonchev–Trinajstić information content (AvgIpc) is 3.25. The van der Waals surface area contributed by atoms with Crippen molar-refractivity contribution >= 4 is 28.8 Å². The van der Waals surface area contributed by atoms with Gasteiger partial charge in [-0.25, -0.2) is 8.78 Å². The summed E-state index contributed by atoms with van der Waals surface area (Å²) >= 11 is 6.36. The van der Waals surface area contributed by atoms with Gasteiger partial charge >= 0.3 is 0 Å². The molecule has 0 bridgehead atoms. The standard InChI is InChI=1S/C22H15ClF2N4O/c1-12-2-3-13(21-11-26-29-28-21)8-17(12)22(30)16-6-5-15(10-18(16)23)27-20-7-4-14(24)9-19(20)25/h2-11,27H,1H3,(H,26,28,29). The predicted molar refractivity (Wildman–Crippen MR) is 111 cm³/mol. The van der Waals surface area contributed by atoms with Gasteiger partial charge in [0, 0.05) is 28.4 Å². The third-order valence-corrected chi connectivity index (χ3v) is 4.93. The highest BCUT2D eigenvalue weighted by molar-refractivity contribution is 6.35. The number of hydrogen-bond donors (Lipinski definition) is 2. The second-order valence-corrected chi connectivity index (χ2v) is 7.07. The lowest BCUT2D eigenvalue weighted by Crippen LogP contribution is -2.05. The Balaban J connectivity index is 1.63. The molecular formula is C22H15ClF2N4O. The summed E-state index contributed by atoms with van der Waals surface area (Å²) in [4.78, 5) is 13.1. The molecule has 0 aliphatic rings. The lowest BCUT2D eigenvalue weighted by atomic mass is 9.96. The molecule has 0 saturated heterocycles. The first-order valence-corrected chi connectivity index (χ1v) is 9.33. The van der Waals surface area contributed by atoms with Crippen LogP contribution in [0.2, 0.25) is 5.02 Å². The van der Waals surface area contributed by atoms with E-state index in [2.05, 4.69) is 20.7 Å². The van der Waals surface area contributed by atoms with Crippen LogP contribution in [0.5, 0.6) is 0 Å². The molecule has 4 rings (SSSR count). The summed E-state index contributed by atoms with van der Waals surface area (Å²) < 4.78 is 26.9. The minimum Gasteiger partial charge on any atom is -0.353 e. The van der Waals surface area contributed by atoms with Gasteiger partial charge in [-0.2, -0.15) is 15.4 Å². The molecule has 1 aromatic heterocycles. The van der Waals surface area contributed by atoms with Crippen LogP contribution in [0.25, 0.3) is 11.3 Å². The number of hydrogen-bond acceptors (Lipinski definition) is 4. The van der Waals surface area contributed by atoms with E-state index in [0.29, 0.717) is 22.5 Å². The smallest absolute Gasteiger partial charge is 0.194 e. The molecule has 30 heavy (non-hydrogen) atoms. The molecule has 0 unspecified atom stereocenters. The Morgan fingerprint density at radius 2 is 1.87 bits per heavy atom. The van der Waals surface area contributed by atoms with Crippen LogP contribution in [0.1, 0.15) is 21.5 Å². The molecule has 8 heteroatoms. The van der Waals surface area contributed by atoms with Crippen molar-refractivity contribution in [2.75, 3.05) is 5.32 Å². The fraction of sp³-hybridized carbons (Fsp3) is 0.0455. The number of aromatic amines is 1. The van der Waals surface area contributed by atoms with Crippen LogP contribution in [0, 0.1) is 18.6 Å². The Bertz CT molecular complexity index is 1240. The van der Waals surface area contributed by atoms with Crippen LogP contribution in [-0.4, -0.2) is 21.2 Å². The normalized spacial score (nSPS) is 10.8. The van der Waals surface area contributed by atoms with Gasteiger partial charge in [0.1, 0.15) is 17.3 Å². The SMILES string of the molecule is Cc1ccc(-c2cn[nH]n2)cc1C(=O)c1ccc(Nc2ccc(F)cc2F)cc1Cl. The van der Waals surface area contributed by atoms with Gasteiger partial charge in [0.15, 0.2) is 5.78 Å². The van der Waals surface area contributed by atoms with Crippen molar-refractivity contribution in [3.8, 4) is 11.3 Å². The van der Waals surface area contributed by atoms with Gasteiger partial charge in [0.25, 0.3) is 0 Å². The van der Waals surface area contributed by atoms with E-state index in [4.69, 9.17) is 11.6 Å². The summed E-state index contributed by atoms with van der Waals surface area (Å²) in [6, 6.07) is 13.3. The van der Waals surface area contributed by atoms with E-state index >= 15 is 0 Å². The Morgan fingerprint density at radius 1 is 1.03 bits per heavy atom. The lowest BCUT2D eigenvalue weighted by molar-refractivity contribution is 0.103. The summed E-state index contributed by atoms with van der Waals surface area (Å²) in [5.74, 6) is -1.64. The minimum atomic E-state index is -0.730. The first-order valence-electron chi connectivity index (χ1n) is 8.95. The van der Waals surface area contributed by atoms with Crippen molar-refractivity contribution in [3.63, 3.8) is 0 Å². The number of ketones is 1. The highest BCUT2D eigenvalue weighted by Gasteiger charge is 2.17. The van der Waals surface area contributed by atoms with Crippen molar-refractivity contribution in [3.05, 3.63) is 94.1 Å². The number of benzene rings is 3. The van der Waals surface area contributed by atoms with Crippen molar-refractivity contribution in [1.29, 1.82) is 0 Å². The number of H-pyrrole nitrogens is 1. The molecule has 0 aliphatic carbocycles. The minimum absolute atomic E-state index is 0.0997. The van der Waals surface area contributed by atoms with Crippen LogP contribution >= 0.6 is 11.6 Å². The molecule has 5 nitrogen and oxygen atoms in total. The molecule has 0 fully saturated rings. The number of carbonyl (C=O) groups is 1. The van der Waals surface area contributed by atoms with Crippen LogP contribution in [-0.2, 0) is 0 Å². The van der Waals surface area contributed by atoms with Crippen LogP contribution < -0.4 is 5.32 Å². The second kappa shape index (κ2) is 8.04. The topological polar surface area (TPSA) is 70.7 Å². The van der Waals surface area contributed by atoms with Crippen molar-refractivity contribution < 1.29 is 13.6 Å². The largest absolute Gasteiger partial charge is 0.353 e. The predicted octanol–water partition coefficient (Wildman–Crippen LogP) is 5.69. The molecule has 150 valence electrons. The van der Waals surface area contributed by atoms with Crippen molar-refractivity contribution in [1.82, 2.24) is 15.4 Å². The summed E-state index contributed by atoms with van der Waals surface area (Å²) in [6.45, 7) is 1.83. The molecule has 3 aromatic carbocycles. The number of carbonyl (C=O) groups excluding carboxylic acids is 1. The van der Waals surface area contributed by atoms with Crippen molar-refractivity contribution in [2.45, 2.75) is 6.92 Å². The Morgan fingerprint density at radius 3 is 2.57 bits per heavy atom. The number of aromatic nitrogens is 3. The molecule has 0 atom stereocenters. The highest BCUT2D eigenvalue weighted by Crippen LogP contribution is 2.29. The van der Waals surface area contributed by atoms with Crippen LogP contribution in [0.4, 0.5) is 20.2 Å². The average molecular weight is 425 g/mol. The van der Waals surface area contributed by atoms with Gasteiger partial charge in [-0.15, -0.1) is 0 Å². The quantitative estimate of drug-likeness (QED) is 0.404. The maximum Gasteiger partial charge on any atom is 0.194 e. The Kier molecular flexibility index (Phi) is 5.29. The third-order valence-electron chi connectivity index (χ3n) is 4.62. The van der Waals surface area contributed by atoms with E-state index in [1.54, 1.807) is 24.4 Å². The Hall–Kier alpha value is -3.58. The van der Waals surface area contributed by atoms with Gasteiger partial charge in [0.05, 0.1) is 16.9 Å². The fourth-order valence-electron chi connectivity index (χ4n) is 3.04. The van der Waals surface area contributed by atoms with E-state index in [-0.39, 0.29) is 16.5 Å². The third kappa shape index (κ3) is 3.92. The number of rotatable bonds is 5. The van der Waals surface area contributed by atoms with Crippen LogP contribution in [0.3, 0.4) is 0 Å². The first-order chi connectivity index (χ1) is 14.4. The molecule has 4 aromatic rings. The van der Waals surface area contributed by atoms with E-state index in [1.807, 2.05) is 19.1 Å². The summed E-state index contributed by atoms with van der Waals surface area (Å²) in [5.41, 5.74) is 3.52. The molecule has 0 amide bonds. The van der Waals surface area contributed by atoms with E-state index in [0.717, 1.165) is 23.3 Å². The fourth-order valence-corrected chi connectivity index (χ4v) is 3.30. The van der Waals surface area contributed by atoms with E-state index < -0.39 is 11.6 Å². The summed E-state index contributed by atoms with van der Waals surface area (Å²) in [6.07, 6.45) is 1.57. The number of nitrogens with zero attached hydrogens (tertiary/aromatic N) is 2. The Labute approximate surface area is 175 Å². The number of aryl methyl sites for hydroxylation is 1. The zero-order valence-corrected chi connectivity index (χ0v) is 16.5. The van der Waals surface area contributed by atoms with Crippen LogP contribution in [0.15, 0.2) is 60.8 Å². The number of halogens is 3. The maximum atomic E-state index is 13.9. The molecule has 0 aliphatic heterocycles. The zero-order chi connectivity index (χ0) is 21.3. The van der Waals surface area contributed by atoms with E-state index in [1.165, 1.54) is 12.1 Å². The second-order valence-electron chi connectivity index (χ2n) is 6.66. The van der Waals surface area contributed by atoms with Gasteiger partial charge in [0.2, 0.25) is 0 Å². The zero-order valence-electron chi connectivity index (χ0n) is 15.7. The molecule has 1 heterocycles. The van der Waals surface area contributed by atoms with Gasteiger partial charge in [-0.1, -0.05) is 23.7 Å². The monoisotopic (exact) mass is 424 g/mol. The first kappa shape index (κ1) is 19.7.